The van der Waals surface area contributed by atoms with Crippen LogP contribution >= 0.6 is 0 Å². The van der Waals surface area contributed by atoms with Crippen LogP contribution in [0.5, 0.6) is 0 Å². The van der Waals surface area contributed by atoms with Gasteiger partial charge in [-0.1, -0.05) is 11.3 Å². The maximum absolute atomic E-state index is 4.62. The fourth-order valence-electron chi connectivity index (χ4n) is 3.27. The van der Waals surface area contributed by atoms with Crippen molar-refractivity contribution in [2.24, 2.45) is 7.05 Å². The van der Waals surface area contributed by atoms with Crippen LogP contribution in [0.1, 0.15) is 5.56 Å². The Hall–Kier alpha value is -4.08. The Kier molecular flexibility index (Phi) is 4.43. The van der Waals surface area contributed by atoms with Gasteiger partial charge in [0.1, 0.15) is 11.3 Å². The van der Waals surface area contributed by atoms with Crippen LogP contribution < -0.4 is 5.32 Å². The molecule has 0 spiro atoms. The molecule has 4 aromatic heterocycles. The normalized spacial score (nSPS) is 11.3. The molecule has 0 fully saturated rings. The fraction of sp³-hybridized carbons (Fsp3) is 0.200. The van der Waals surface area contributed by atoms with E-state index in [-0.39, 0.29) is 0 Å². The van der Waals surface area contributed by atoms with E-state index < -0.39 is 0 Å². The molecule has 1 aromatic carbocycles. The van der Waals surface area contributed by atoms with Gasteiger partial charge in [0.15, 0.2) is 0 Å². The molecule has 150 valence electrons. The molecule has 0 aliphatic rings. The number of fused-ring (bicyclic) bond motifs is 1. The number of nitrogens with one attached hydrogen (secondary N) is 1. The maximum Gasteiger partial charge on any atom is 0.228 e. The minimum Gasteiger partial charge on any atom is -0.309 e. The number of nitrogens with zero attached hydrogens (tertiary/aromatic N) is 9. The Bertz CT molecular complexity index is 1310. The van der Waals surface area contributed by atoms with Gasteiger partial charge in [-0.15, -0.1) is 5.10 Å². The fourth-order valence-corrected chi connectivity index (χ4v) is 3.27. The Labute approximate surface area is 172 Å². The van der Waals surface area contributed by atoms with E-state index in [4.69, 9.17) is 0 Å². The molecule has 0 unspecified atom stereocenters. The molecular weight excluding hydrogens is 380 g/mol. The Balaban J connectivity index is 1.38. The Morgan fingerprint density at radius 1 is 1.03 bits per heavy atom. The lowest BCUT2D eigenvalue weighted by Crippen LogP contribution is -2.09. The molecule has 30 heavy (non-hydrogen) atoms. The minimum atomic E-state index is 0.509. The SMILES string of the molecule is Cc1cnn(CCn2nnc3cc(-c4ccnc(Nc5ccnn5C)n4)ccc32)c1. The highest BCUT2D eigenvalue weighted by atomic mass is 15.4. The van der Waals surface area contributed by atoms with E-state index in [1.165, 1.54) is 0 Å². The van der Waals surface area contributed by atoms with Crippen molar-refractivity contribution in [2.75, 3.05) is 5.32 Å². The maximum atomic E-state index is 4.62. The quantitative estimate of drug-likeness (QED) is 0.467. The zero-order valence-electron chi connectivity index (χ0n) is 16.6. The van der Waals surface area contributed by atoms with Crippen LogP contribution in [0.2, 0.25) is 0 Å². The van der Waals surface area contributed by atoms with E-state index in [1.54, 1.807) is 17.1 Å². The molecule has 0 atom stereocenters. The zero-order chi connectivity index (χ0) is 20.5. The van der Waals surface area contributed by atoms with E-state index >= 15 is 0 Å². The largest absolute Gasteiger partial charge is 0.309 e. The van der Waals surface area contributed by atoms with Crippen LogP contribution in [0, 0.1) is 6.92 Å². The van der Waals surface area contributed by atoms with Crippen molar-refractivity contribution in [1.29, 1.82) is 0 Å². The van der Waals surface area contributed by atoms with Crippen molar-refractivity contribution in [2.45, 2.75) is 20.0 Å². The minimum absolute atomic E-state index is 0.509. The second-order valence-corrected chi connectivity index (χ2v) is 7.03. The molecule has 0 saturated heterocycles. The first-order valence-corrected chi connectivity index (χ1v) is 9.56. The molecule has 5 aromatic rings. The molecule has 0 radical (unpaired) electrons. The van der Waals surface area contributed by atoms with Crippen molar-refractivity contribution in [3.8, 4) is 11.3 Å². The van der Waals surface area contributed by atoms with Gasteiger partial charge in [-0.3, -0.25) is 9.36 Å². The number of hydrogen-bond acceptors (Lipinski definition) is 7. The molecular formula is C20H20N10. The van der Waals surface area contributed by atoms with E-state index in [1.807, 2.05) is 66.1 Å². The van der Waals surface area contributed by atoms with Gasteiger partial charge in [-0.2, -0.15) is 10.2 Å². The van der Waals surface area contributed by atoms with Crippen molar-refractivity contribution >= 4 is 22.8 Å². The highest BCUT2D eigenvalue weighted by molar-refractivity contribution is 5.80. The Morgan fingerprint density at radius 2 is 1.97 bits per heavy atom. The molecule has 0 amide bonds. The lowest BCUT2D eigenvalue weighted by Gasteiger charge is -2.07. The summed E-state index contributed by atoms with van der Waals surface area (Å²) in [5.41, 5.74) is 4.70. The smallest absolute Gasteiger partial charge is 0.228 e. The van der Waals surface area contributed by atoms with Gasteiger partial charge in [0.2, 0.25) is 5.95 Å². The molecule has 5 rings (SSSR count). The molecule has 4 heterocycles. The predicted molar refractivity (Wildman–Crippen MR) is 112 cm³/mol. The molecule has 0 bridgehead atoms. The van der Waals surface area contributed by atoms with Gasteiger partial charge < -0.3 is 5.32 Å². The van der Waals surface area contributed by atoms with Gasteiger partial charge in [-0.25, -0.2) is 14.6 Å². The first-order chi connectivity index (χ1) is 14.7. The number of rotatable bonds is 6. The Morgan fingerprint density at radius 3 is 2.77 bits per heavy atom. The second kappa shape index (κ2) is 7.39. The van der Waals surface area contributed by atoms with Crippen molar-refractivity contribution in [1.82, 2.24) is 44.5 Å². The predicted octanol–water partition coefficient (Wildman–Crippen LogP) is 2.57. The van der Waals surface area contributed by atoms with Gasteiger partial charge in [0.05, 0.1) is 36.7 Å². The van der Waals surface area contributed by atoms with Gasteiger partial charge in [0, 0.05) is 31.1 Å². The summed E-state index contributed by atoms with van der Waals surface area (Å²) < 4.78 is 5.53. The summed E-state index contributed by atoms with van der Waals surface area (Å²) in [5.74, 6) is 1.33. The molecule has 0 aliphatic carbocycles. The molecule has 10 nitrogen and oxygen atoms in total. The van der Waals surface area contributed by atoms with Crippen LogP contribution in [0.25, 0.3) is 22.3 Å². The van der Waals surface area contributed by atoms with Crippen LogP contribution in [0.3, 0.4) is 0 Å². The van der Waals surface area contributed by atoms with E-state index in [0.29, 0.717) is 12.5 Å². The number of benzene rings is 1. The van der Waals surface area contributed by atoms with Crippen LogP contribution in [0.15, 0.2) is 55.1 Å². The third-order valence-corrected chi connectivity index (χ3v) is 4.83. The van der Waals surface area contributed by atoms with E-state index in [0.717, 1.165) is 40.2 Å². The summed E-state index contributed by atoms with van der Waals surface area (Å²) in [5, 5.41) is 20.3. The van der Waals surface area contributed by atoms with Crippen molar-refractivity contribution < 1.29 is 0 Å². The standard InChI is InChI=1S/C20H20N10/c1-14-12-23-29(13-14)9-10-30-18-4-3-15(11-17(18)26-27-30)16-5-7-21-20(24-16)25-19-6-8-22-28(19)2/h3-8,11-13H,9-10H2,1-2H3,(H,21,24,25). The van der Waals surface area contributed by atoms with E-state index in [2.05, 4.69) is 35.8 Å². The number of aryl methyl sites for hydroxylation is 4. The number of aromatic nitrogens is 9. The van der Waals surface area contributed by atoms with E-state index in [9.17, 15) is 0 Å². The first-order valence-electron chi connectivity index (χ1n) is 9.56. The van der Waals surface area contributed by atoms with Crippen LogP contribution in [-0.4, -0.2) is 44.5 Å². The van der Waals surface area contributed by atoms with Crippen LogP contribution in [0.4, 0.5) is 11.8 Å². The first kappa shape index (κ1) is 18.0. The average Bonchev–Trinajstić information content (AvgIpc) is 3.47. The molecule has 0 aliphatic heterocycles. The topological polar surface area (TPSA) is 104 Å². The summed E-state index contributed by atoms with van der Waals surface area (Å²) in [6, 6.07) is 9.78. The summed E-state index contributed by atoms with van der Waals surface area (Å²) in [7, 11) is 1.86. The highest BCUT2D eigenvalue weighted by Crippen LogP contribution is 2.23. The molecule has 1 N–H and O–H groups in total. The summed E-state index contributed by atoms with van der Waals surface area (Å²) >= 11 is 0. The summed E-state index contributed by atoms with van der Waals surface area (Å²) in [4.78, 5) is 8.92. The van der Waals surface area contributed by atoms with Crippen molar-refractivity contribution in [3.63, 3.8) is 0 Å². The van der Waals surface area contributed by atoms with Crippen molar-refractivity contribution in [3.05, 3.63) is 60.7 Å². The lowest BCUT2D eigenvalue weighted by molar-refractivity contribution is 0.499. The lowest BCUT2D eigenvalue weighted by atomic mass is 10.1. The highest BCUT2D eigenvalue weighted by Gasteiger charge is 2.09. The number of hydrogen-bond donors (Lipinski definition) is 1. The van der Waals surface area contributed by atoms with Gasteiger partial charge in [-0.05, 0) is 30.7 Å². The third-order valence-electron chi connectivity index (χ3n) is 4.83. The number of anilines is 2. The van der Waals surface area contributed by atoms with Crippen LogP contribution in [-0.2, 0) is 20.1 Å². The molecule has 10 heteroatoms. The summed E-state index contributed by atoms with van der Waals surface area (Å²) in [6.45, 7) is 3.47. The average molecular weight is 400 g/mol. The second-order valence-electron chi connectivity index (χ2n) is 7.03. The monoisotopic (exact) mass is 400 g/mol. The van der Waals surface area contributed by atoms with Gasteiger partial charge >= 0.3 is 0 Å². The summed E-state index contributed by atoms with van der Waals surface area (Å²) in [6.07, 6.45) is 7.32. The third kappa shape index (κ3) is 3.50. The molecule has 0 saturated carbocycles. The zero-order valence-corrected chi connectivity index (χ0v) is 16.6. The van der Waals surface area contributed by atoms with Gasteiger partial charge in [0.25, 0.3) is 0 Å².